The van der Waals surface area contributed by atoms with E-state index < -0.39 is 6.10 Å². The molecule has 3 heteroatoms. The zero-order valence-corrected chi connectivity index (χ0v) is 10.2. The van der Waals surface area contributed by atoms with Gasteiger partial charge >= 0.3 is 5.97 Å². The Bertz CT molecular complexity index is 414. The molecule has 1 aromatic rings. The molecule has 3 atom stereocenters. The normalized spacial score (nSPS) is 28.1. The molecular formula is C14H18O3. The Hall–Kier alpha value is -1.35. The molecule has 17 heavy (non-hydrogen) atoms. The largest absolute Gasteiger partial charge is 0.469 e. The van der Waals surface area contributed by atoms with E-state index in [1.54, 1.807) is 0 Å². The third-order valence-electron chi connectivity index (χ3n) is 3.67. The smallest absolute Gasteiger partial charge is 0.309 e. The summed E-state index contributed by atoms with van der Waals surface area (Å²) in [5.74, 6) is -0.547. The van der Waals surface area contributed by atoms with Crippen LogP contribution in [0.25, 0.3) is 0 Å². The monoisotopic (exact) mass is 234 g/mol. The Morgan fingerprint density at radius 3 is 2.71 bits per heavy atom. The minimum atomic E-state index is -0.444. The lowest BCUT2D eigenvalue weighted by molar-refractivity contribution is -0.146. The molecular weight excluding hydrogens is 216 g/mol. The molecule has 0 aromatic heterocycles. The van der Waals surface area contributed by atoms with Crippen LogP contribution < -0.4 is 0 Å². The van der Waals surface area contributed by atoms with Crippen molar-refractivity contribution >= 4 is 5.97 Å². The highest BCUT2D eigenvalue weighted by atomic mass is 16.5. The zero-order chi connectivity index (χ0) is 12.4. The summed E-state index contributed by atoms with van der Waals surface area (Å²) < 4.78 is 4.82. The molecule has 0 aliphatic heterocycles. The van der Waals surface area contributed by atoms with Crippen LogP contribution in [0.5, 0.6) is 0 Å². The molecule has 1 aliphatic rings. The number of aryl methyl sites for hydroxylation is 1. The van der Waals surface area contributed by atoms with Gasteiger partial charge in [-0.1, -0.05) is 24.3 Å². The summed E-state index contributed by atoms with van der Waals surface area (Å²) in [7, 11) is 1.40. The highest BCUT2D eigenvalue weighted by Crippen LogP contribution is 2.41. The maximum Gasteiger partial charge on any atom is 0.309 e. The van der Waals surface area contributed by atoms with E-state index >= 15 is 0 Å². The van der Waals surface area contributed by atoms with Gasteiger partial charge in [0, 0.05) is 5.92 Å². The number of hydrogen-bond acceptors (Lipinski definition) is 3. The van der Waals surface area contributed by atoms with Gasteiger partial charge in [-0.25, -0.2) is 0 Å². The van der Waals surface area contributed by atoms with E-state index in [1.807, 2.05) is 31.2 Å². The van der Waals surface area contributed by atoms with Crippen molar-refractivity contribution in [2.75, 3.05) is 7.11 Å². The predicted molar refractivity (Wildman–Crippen MR) is 64.7 cm³/mol. The lowest BCUT2D eigenvalue weighted by Crippen LogP contribution is -2.24. The lowest BCUT2D eigenvalue weighted by atomic mass is 9.85. The van der Waals surface area contributed by atoms with E-state index in [9.17, 15) is 9.90 Å². The molecule has 0 amide bonds. The molecule has 0 spiro atoms. The van der Waals surface area contributed by atoms with Crippen LogP contribution >= 0.6 is 0 Å². The number of hydrogen-bond donors (Lipinski definition) is 1. The van der Waals surface area contributed by atoms with Crippen molar-refractivity contribution < 1.29 is 14.6 Å². The van der Waals surface area contributed by atoms with Gasteiger partial charge in [-0.05, 0) is 30.9 Å². The summed E-state index contributed by atoms with van der Waals surface area (Å²) in [5, 5.41) is 10.1. The van der Waals surface area contributed by atoms with Gasteiger partial charge in [-0.2, -0.15) is 0 Å². The fourth-order valence-corrected chi connectivity index (χ4v) is 2.78. The second-order valence-corrected chi connectivity index (χ2v) is 4.66. The number of ether oxygens (including phenoxy) is 1. The van der Waals surface area contributed by atoms with Gasteiger partial charge in [0.1, 0.15) is 0 Å². The van der Waals surface area contributed by atoms with Crippen molar-refractivity contribution in [1.82, 2.24) is 0 Å². The molecule has 1 fully saturated rings. The highest BCUT2D eigenvalue weighted by molar-refractivity contribution is 5.74. The molecule has 1 N–H and O–H groups in total. The fourth-order valence-electron chi connectivity index (χ4n) is 2.78. The van der Waals surface area contributed by atoms with E-state index in [4.69, 9.17) is 4.74 Å². The first-order chi connectivity index (χ1) is 8.15. The minimum Gasteiger partial charge on any atom is -0.469 e. The van der Waals surface area contributed by atoms with Crippen molar-refractivity contribution in [3.05, 3.63) is 35.4 Å². The van der Waals surface area contributed by atoms with Gasteiger partial charge < -0.3 is 9.84 Å². The van der Waals surface area contributed by atoms with Crippen LogP contribution in [0.15, 0.2) is 24.3 Å². The van der Waals surface area contributed by atoms with E-state index in [1.165, 1.54) is 7.11 Å². The maximum absolute atomic E-state index is 11.7. The summed E-state index contributed by atoms with van der Waals surface area (Å²) in [6.07, 6.45) is 0.922. The molecule has 0 unspecified atom stereocenters. The Kier molecular flexibility index (Phi) is 3.48. The summed E-state index contributed by atoms with van der Waals surface area (Å²) >= 11 is 0. The summed E-state index contributed by atoms with van der Waals surface area (Å²) in [6.45, 7) is 2.01. The van der Waals surface area contributed by atoms with Gasteiger partial charge in [0.05, 0.1) is 19.1 Å². The fraction of sp³-hybridized carbons (Fsp3) is 0.500. The third-order valence-corrected chi connectivity index (χ3v) is 3.67. The molecule has 0 heterocycles. The van der Waals surface area contributed by atoms with Gasteiger partial charge in [-0.3, -0.25) is 4.79 Å². The van der Waals surface area contributed by atoms with Crippen LogP contribution in [0.3, 0.4) is 0 Å². The first-order valence-corrected chi connectivity index (χ1v) is 5.96. The molecule has 1 saturated carbocycles. The van der Waals surface area contributed by atoms with Crippen LogP contribution in [0.2, 0.25) is 0 Å². The second-order valence-electron chi connectivity index (χ2n) is 4.66. The number of rotatable bonds is 2. The van der Waals surface area contributed by atoms with Crippen LogP contribution in [0.4, 0.5) is 0 Å². The number of aliphatic hydroxyl groups excluding tert-OH is 1. The Morgan fingerprint density at radius 2 is 2.06 bits per heavy atom. The first kappa shape index (κ1) is 12.1. The van der Waals surface area contributed by atoms with Gasteiger partial charge in [0.15, 0.2) is 0 Å². The van der Waals surface area contributed by atoms with Crippen LogP contribution in [-0.2, 0) is 9.53 Å². The van der Waals surface area contributed by atoms with Crippen molar-refractivity contribution in [3.8, 4) is 0 Å². The van der Waals surface area contributed by atoms with Crippen LogP contribution in [0, 0.1) is 12.8 Å². The Labute approximate surface area is 101 Å². The van der Waals surface area contributed by atoms with Crippen LogP contribution in [-0.4, -0.2) is 24.3 Å². The van der Waals surface area contributed by atoms with Crippen LogP contribution in [0.1, 0.15) is 29.9 Å². The molecule has 0 radical (unpaired) electrons. The predicted octanol–water partition coefficient (Wildman–Crippen LogP) is 2.02. The molecule has 1 aliphatic carbocycles. The van der Waals surface area contributed by atoms with Gasteiger partial charge in [0.2, 0.25) is 0 Å². The van der Waals surface area contributed by atoms with E-state index in [-0.39, 0.29) is 17.8 Å². The number of benzene rings is 1. The molecule has 2 rings (SSSR count). The standard InChI is InChI=1S/C14H18O3/c1-9-5-3-4-6-10(9)13-11(14(16)17-2)7-8-12(13)15/h3-6,11-13,15H,7-8H2,1-2H3/t11-,12-,13-/m0/s1. The average molecular weight is 234 g/mol. The van der Waals surface area contributed by atoms with E-state index in [0.717, 1.165) is 11.1 Å². The minimum absolute atomic E-state index is 0.122. The lowest BCUT2D eigenvalue weighted by Gasteiger charge is -2.22. The molecule has 0 saturated heterocycles. The SMILES string of the molecule is COC(=O)[C@H]1CC[C@H](O)[C@H]1c1ccccc1C. The number of methoxy groups -OCH3 is 1. The van der Waals surface area contributed by atoms with Crippen molar-refractivity contribution in [3.63, 3.8) is 0 Å². The van der Waals surface area contributed by atoms with E-state index in [0.29, 0.717) is 12.8 Å². The maximum atomic E-state index is 11.7. The Morgan fingerprint density at radius 1 is 1.35 bits per heavy atom. The summed E-state index contributed by atoms with van der Waals surface area (Å²) in [4.78, 5) is 11.7. The number of carbonyl (C=O) groups excluding carboxylic acids is 1. The quantitative estimate of drug-likeness (QED) is 0.796. The first-order valence-electron chi connectivity index (χ1n) is 5.96. The zero-order valence-electron chi connectivity index (χ0n) is 10.2. The topological polar surface area (TPSA) is 46.5 Å². The van der Waals surface area contributed by atoms with Gasteiger partial charge in [-0.15, -0.1) is 0 Å². The summed E-state index contributed by atoms with van der Waals surface area (Å²) in [5.41, 5.74) is 2.18. The van der Waals surface area contributed by atoms with E-state index in [2.05, 4.69) is 0 Å². The van der Waals surface area contributed by atoms with Gasteiger partial charge in [0.25, 0.3) is 0 Å². The number of aliphatic hydroxyl groups is 1. The third kappa shape index (κ3) is 2.20. The van der Waals surface area contributed by atoms with Crippen molar-refractivity contribution in [1.29, 1.82) is 0 Å². The molecule has 1 aromatic carbocycles. The number of carbonyl (C=O) groups is 1. The molecule has 0 bridgehead atoms. The van der Waals surface area contributed by atoms with Crippen molar-refractivity contribution in [2.24, 2.45) is 5.92 Å². The summed E-state index contributed by atoms with van der Waals surface area (Å²) in [6, 6.07) is 7.91. The highest BCUT2D eigenvalue weighted by Gasteiger charge is 2.41. The van der Waals surface area contributed by atoms with Crippen molar-refractivity contribution in [2.45, 2.75) is 31.8 Å². The molecule has 92 valence electrons. The number of esters is 1. The average Bonchev–Trinajstić information content (AvgIpc) is 2.71. The second kappa shape index (κ2) is 4.88. The Balaban J connectivity index is 2.34. The molecule has 3 nitrogen and oxygen atoms in total.